The van der Waals surface area contributed by atoms with E-state index in [2.05, 4.69) is 16.8 Å². The fourth-order valence-corrected chi connectivity index (χ4v) is 2.97. The highest BCUT2D eigenvalue weighted by molar-refractivity contribution is 7.09. The molecule has 4 heteroatoms. The predicted molar refractivity (Wildman–Crippen MR) is 84.8 cm³/mol. The number of hydrogen-bond acceptors (Lipinski definition) is 3. The van der Waals surface area contributed by atoms with E-state index < -0.39 is 0 Å². The average Bonchev–Trinajstić information content (AvgIpc) is 2.90. The molecule has 1 atom stereocenters. The normalized spacial score (nSPS) is 12.1. The lowest BCUT2D eigenvalue weighted by molar-refractivity contribution is -0.121. The number of nitrogens with one attached hydrogen (secondary N) is 1. The Morgan fingerprint density at radius 1 is 1.30 bits per heavy atom. The summed E-state index contributed by atoms with van der Waals surface area (Å²) in [5.74, 6) is 0.0808. The number of rotatable bonds is 6. The van der Waals surface area contributed by atoms with E-state index in [9.17, 15) is 4.79 Å². The van der Waals surface area contributed by atoms with Gasteiger partial charge in [0.1, 0.15) is 0 Å². The largest absolute Gasteiger partial charge is 0.399 e. The van der Waals surface area contributed by atoms with Crippen molar-refractivity contribution in [2.24, 2.45) is 0 Å². The molecule has 1 unspecified atom stereocenters. The first-order valence-electron chi connectivity index (χ1n) is 6.80. The Labute approximate surface area is 123 Å². The fourth-order valence-electron chi connectivity index (χ4n) is 2.14. The van der Waals surface area contributed by atoms with Crippen molar-refractivity contribution in [1.82, 2.24) is 5.32 Å². The van der Waals surface area contributed by atoms with Crippen molar-refractivity contribution in [3.63, 3.8) is 0 Å². The number of anilines is 1. The summed E-state index contributed by atoms with van der Waals surface area (Å²) in [4.78, 5) is 13.2. The van der Waals surface area contributed by atoms with Gasteiger partial charge >= 0.3 is 0 Å². The summed E-state index contributed by atoms with van der Waals surface area (Å²) < 4.78 is 0. The summed E-state index contributed by atoms with van der Waals surface area (Å²) in [5, 5.41) is 5.09. The second-order valence-corrected chi connectivity index (χ2v) is 5.98. The van der Waals surface area contributed by atoms with Crippen molar-refractivity contribution in [2.75, 3.05) is 5.73 Å². The number of hydrogen-bond donors (Lipinski definition) is 2. The zero-order chi connectivity index (χ0) is 14.4. The number of nitrogens with two attached hydrogens (primary N) is 1. The number of carbonyl (C=O) groups is 1. The Kier molecular flexibility index (Phi) is 5.18. The van der Waals surface area contributed by atoms with Gasteiger partial charge in [-0.1, -0.05) is 24.3 Å². The van der Waals surface area contributed by atoms with Gasteiger partial charge in [0.2, 0.25) is 5.91 Å². The maximum absolute atomic E-state index is 11.9. The molecule has 1 heterocycles. The third kappa shape index (κ3) is 4.38. The van der Waals surface area contributed by atoms with E-state index in [0.717, 1.165) is 17.7 Å². The van der Waals surface area contributed by atoms with Gasteiger partial charge in [-0.3, -0.25) is 4.79 Å². The standard InChI is InChI=1S/C16H20N2OS/c1-12(11-14-6-4-10-20-14)18-16(19)9-8-13-5-2-3-7-15(13)17/h2-7,10,12H,8-9,11,17H2,1H3,(H,18,19). The molecule has 1 aromatic heterocycles. The molecule has 0 aliphatic rings. The Bertz CT molecular complexity index is 551. The lowest BCUT2D eigenvalue weighted by Crippen LogP contribution is -2.34. The van der Waals surface area contributed by atoms with Crippen LogP contribution in [-0.4, -0.2) is 11.9 Å². The van der Waals surface area contributed by atoms with E-state index in [1.165, 1.54) is 4.88 Å². The van der Waals surface area contributed by atoms with Crippen LogP contribution in [0.4, 0.5) is 5.69 Å². The molecule has 0 saturated heterocycles. The molecule has 0 spiro atoms. The minimum atomic E-state index is 0.0808. The quantitative estimate of drug-likeness (QED) is 0.803. The number of thiophene rings is 1. The molecule has 1 amide bonds. The van der Waals surface area contributed by atoms with Crippen LogP contribution in [-0.2, 0) is 17.6 Å². The SMILES string of the molecule is CC(Cc1cccs1)NC(=O)CCc1ccccc1N. The molecule has 0 radical (unpaired) electrons. The highest BCUT2D eigenvalue weighted by Gasteiger charge is 2.09. The molecule has 20 heavy (non-hydrogen) atoms. The molecule has 1 aromatic carbocycles. The Hall–Kier alpha value is -1.81. The maximum atomic E-state index is 11.9. The van der Waals surface area contributed by atoms with Gasteiger partial charge in [0.15, 0.2) is 0 Å². The zero-order valence-electron chi connectivity index (χ0n) is 11.6. The summed E-state index contributed by atoms with van der Waals surface area (Å²) in [5.41, 5.74) is 7.66. The third-order valence-electron chi connectivity index (χ3n) is 3.17. The number of amides is 1. The van der Waals surface area contributed by atoms with Crippen LogP contribution in [0.15, 0.2) is 41.8 Å². The van der Waals surface area contributed by atoms with Gasteiger partial charge in [0.05, 0.1) is 0 Å². The van der Waals surface area contributed by atoms with Crippen molar-refractivity contribution < 1.29 is 4.79 Å². The van der Waals surface area contributed by atoms with E-state index in [0.29, 0.717) is 12.8 Å². The number of para-hydroxylation sites is 1. The van der Waals surface area contributed by atoms with Gasteiger partial charge in [-0.2, -0.15) is 0 Å². The van der Waals surface area contributed by atoms with Gasteiger partial charge in [0, 0.05) is 29.4 Å². The molecular weight excluding hydrogens is 268 g/mol. The van der Waals surface area contributed by atoms with Crippen molar-refractivity contribution in [3.05, 3.63) is 52.2 Å². The molecule has 0 aliphatic carbocycles. The summed E-state index contributed by atoms with van der Waals surface area (Å²) in [6.45, 7) is 2.04. The van der Waals surface area contributed by atoms with Crippen LogP contribution in [0.25, 0.3) is 0 Å². The minimum Gasteiger partial charge on any atom is -0.399 e. The van der Waals surface area contributed by atoms with E-state index in [-0.39, 0.29) is 11.9 Å². The van der Waals surface area contributed by atoms with Gasteiger partial charge in [-0.25, -0.2) is 0 Å². The van der Waals surface area contributed by atoms with Gasteiger partial charge < -0.3 is 11.1 Å². The molecule has 3 N–H and O–H groups in total. The molecule has 3 nitrogen and oxygen atoms in total. The summed E-state index contributed by atoms with van der Waals surface area (Å²) in [6.07, 6.45) is 2.05. The van der Waals surface area contributed by atoms with E-state index in [1.54, 1.807) is 11.3 Å². The number of nitrogen functional groups attached to an aromatic ring is 1. The topological polar surface area (TPSA) is 55.1 Å². The van der Waals surface area contributed by atoms with Crippen LogP contribution in [0, 0.1) is 0 Å². The highest BCUT2D eigenvalue weighted by Crippen LogP contribution is 2.13. The lowest BCUT2D eigenvalue weighted by atomic mass is 10.1. The second-order valence-electron chi connectivity index (χ2n) is 4.95. The van der Waals surface area contributed by atoms with Crippen LogP contribution >= 0.6 is 11.3 Å². The Morgan fingerprint density at radius 2 is 2.10 bits per heavy atom. The van der Waals surface area contributed by atoms with Crippen molar-refractivity contribution in [2.45, 2.75) is 32.2 Å². The molecule has 2 aromatic rings. The first kappa shape index (κ1) is 14.6. The van der Waals surface area contributed by atoms with Crippen LogP contribution in [0.3, 0.4) is 0 Å². The molecule has 0 aliphatic heterocycles. The molecule has 0 fully saturated rings. The van der Waals surface area contributed by atoms with Crippen LogP contribution in [0.2, 0.25) is 0 Å². The first-order chi connectivity index (χ1) is 9.65. The van der Waals surface area contributed by atoms with E-state index in [4.69, 9.17) is 5.73 Å². The summed E-state index contributed by atoms with van der Waals surface area (Å²) >= 11 is 1.72. The van der Waals surface area contributed by atoms with Gasteiger partial charge in [-0.15, -0.1) is 11.3 Å². The number of carbonyl (C=O) groups excluding carboxylic acids is 1. The smallest absolute Gasteiger partial charge is 0.220 e. The molecule has 2 rings (SSSR count). The average molecular weight is 288 g/mol. The van der Waals surface area contributed by atoms with E-state index >= 15 is 0 Å². The van der Waals surface area contributed by atoms with Gasteiger partial charge in [0.25, 0.3) is 0 Å². The minimum absolute atomic E-state index is 0.0808. The predicted octanol–water partition coefficient (Wildman–Crippen LogP) is 3.01. The molecule has 0 bridgehead atoms. The van der Waals surface area contributed by atoms with Crippen LogP contribution < -0.4 is 11.1 Å². The number of aryl methyl sites for hydroxylation is 1. The highest BCUT2D eigenvalue weighted by atomic mass is 32.1. The Balaban J connectivity index is 1.76. The molecule has 0 saturated carbocycles. The molecule has 106 valence electrons. The van der Waals surface area contributed by atoms with Crippen molar-refractivity contribution in [1.29, 1.82) is 0 Å². The summed E-state index contributed by atoms with van der Waals surface area (Å²) in [7, 11) is 0. The van der Waals surface area contributed by atoms with Crippen LogP contribution in [0.5, 0.6) is 0 Å². The Morgan fingerprint density at radius 3 is 2.80 bits per heavy atom. The van der Waals surface area contributed by atoms with Gasteiger partial charge in [-0.05, 0) is 36.4 Å². The molecular formula is C16H20N2OS. The summed E-state index contributed by atoms with van der Waals surface area (Å²) in [6, 6.07) is 12.0. The zero-order valence-corrected chi connectivity index (χ0v) is 12.5. The van der Waals surface area contributed by atoms with Crippen molar-refractivity contribution >= 4 is 22.9 Å². The van der Waals surface area contributed by atoms with E-state index in [1.807, 2.05) is 37.3 Å². The number of benzene rings is 1. The third-order valence-corrected chi connectivity index (χ3v) is 4.07. The van der Waals surface area contributed by atoms with Crippen LogP contribution in [0.1, 0.15) is 23.8 Å². The maximum Gasteiger partial charge on any atom is 0.220 e. The first-order valence-corrected chi connectivity index (χ1v) is 7.68. The lowest BCUT2D eigenvalue weighted by Gasteiger charge is -2.13. The second kappa shape index (κ2) is 7.10. The van der Waals surface area contributed by atoms with Crippen molar-refractivity contribution in [3.8, 4) is 0 Å². The fraction of sp³-hybridized carbons (Fsp3) is 0.312. The monoisotopic (exact) mass is 288 g/mol.